The summed E-state index contributed by atoms with van der Waals surface area (Å²) >= 11 is 1.95. The lowest BCUT2D eigenvalue weighted by molar-refractivity contribution is 0.664. The van der Waals surface area contributed by atoms with Gasteiger partial charge in [-0.3, -0.25) is 0 Å². The minimum Gasteiger partial charge on any atom is -0.310 e. The van der Waals surface area contributed by atoms with Crippen LogP contribution in [0.25, 0.3) is 75.5 Å². The fourth-order valence-electron chi connectivity index (χ4n) is 9.57. The van der Waals surface area contributed by atoms with Crippen molar-refractivity contribution < 1.29 is 0 Å². The van der Waals surface area contributed by atoms with Crippen LogP contribution >= 0.6 is 11.3 Å². The number of hydrogen-bond donors (Lipinski definition) is 0. The first-order valence-corrected chi connectivity index (χ1v) is 20.6. The molecular weight excluding hydrogens is 707 g/mol. The van der Waals surface area contributed by atoms with Gasteiger partial charge in [-0.25, -0.2) is 0 Å². The highest BCUT2D eigenvalue weighted by molar-refractivity contribution is 7.20. The Bertz CT molecular complexity index is 3100. The molecule has 0 bridgehead atoms. The molecule has 0 spiro atoms. The summed E-state index contributed by atoms with van der Waals surface area (Å²) in [6.45, 7) is 4.88. The first-order valence-electron chi connectivity index (χ1n) is 19.8. The number of thiophene rings is 1. The van der Waals surface area contributed by atoms with Gasteiger partial charge in [0, 0.05) is 37.7 Å². The summed E-state index contributed by atoms with van der Waals surface area (Å²) in [4.78, 5) is 5.18. The largest absolute Gasteiger partial charge is 0.310 e. The normalized spacial score (nSPS) is 12.9. The molecule has 9 aromatic carbocycles. The average Bonchev–Trinajstić information content (AvgIpc) is 3.78. The predicted molar refractivity (Wildman–Crippen MR) is 245 cm³/mol. The molecule has 0 aliphatic heterocycles. The molecule has 1 aromatic heterocycles. The zero-order valence-corrected chi connectivity index (χ0v) is 32.7. The molecule has 11 rings (SSSR count). The highest BCUT2D eigenvalue weighted by Crippen LogP contribution is 2.62. The molecule has 1 heterocycles. The van der Waals surface area contributed by atoms with Gasteiger partial charge in [-0.2, -0.15) is 0 Å². The summed E-state index contributed by atoms with van der Waals surface area (Å²) < 4.78 is 0. The van der Waals surface area contributed by atoms with Crippen LogP contribution in [0.1, 0.15) is 25.0 Å². The SMILES string of the molecule is CC1(C)c2c(cccc2N(c2ccccc2)c2ccc3c4ccccc4c4ccccc4c3c2)-c2sc(-c3ccccc3-c3ccccc3)c(-c3ccccc3)c21. The fraction of sp³-hybridized carbons (Fsp3) is 0.0545. The van der Waals surface area contributed by atoms with Crippen LogP contribution in [0.5, 0.6) is 0 Å². The van der Waals surface area contributed by atoms with Crippen LogP contribution in [0.15, 0.2) is 200 Å². The van der Waals surface area contributed by atoms with E-state index >= 15 is 0 Å². The molecular formula is C55H39NS. The summed E-state index contributed by atoms with van der Waals surface area (Å²) in [7, 11) is 0. The van der Waals surface area contributed by atoms with Crippen LogP contribution in [-0.4, -0.2) is 0 Å². The third kappa shape index (κ3) is 5.21. The van der Waals surface area contributed by atoms with Crippen molar-refractivity contribution in [1.82, 2.24) is 0 Å². The van der Waals surface area contributed by atoms with Crippen molar-refractivity contribution in [3.63, 3.8) is 0 Å². The van der Waals surface area contributed by atoms with E-state index < -0.39 is 0 Å². The fourth-order valence-corrected chi connectivity index (χ4v) is 11.1. The van der Waals surface area contributed by atoms with Crippen molar-refractivity contribution in [1.29, 1.82) is 0 Å². The Morgan fingerprint density at radius 1 is 0.368 bits per heavy atom. The molecule has 1 aliphatic carbocycles. The number of rotatable bonds is 6. The van der Waals surface area contributed by atoms with Gasteiger partial charge in [-0.1, -0.05) is 184 Å². The van der Waals surface area contributed by atoms with Gasteiger partial charge in [-0.15, -0.1) is 11.3 Å². The van der Waals surface area contributed by atoms with E-state index in [0.29, 0.717) is 0 Å². The molecule has 10 aromatic rings. The lowest BCUT2D eigenvalue weighted by Crippen LogP contribution is -2.21. The standard InChI is InChI=1S/C55H39NS/c1-55(2)51-47(54-52(55)50(37-21-8-4-9-22-37)53(57-54)46-30-17-12-25-40(46)36-19-6-3-7-20-36)31-18-32-49(51)56(38-23-10-5-11-24-38)39-33-34-45-43-28-14-13-26-41(43)42-27-15-16-29-44(42)48(45)35-39/h3-35H,1-2H3. The van der Waals surface area contributed by atoms with Gasteiger partial charge in [0.05, 0.1) is 5.69 Å². The van der Waals surface area contributed by atoms with Crippen molar-refractivity contribution in [2.75, 3.05) is 4.90 Å². The van der Waals surface area contributed by atoms with Crippen molar-refractivity contribution in [3.05, 3.63) is 211 Å². The molecule has 0 amide bonds. The van der Waals surface area contributed by atoms with Crippen LogP contribution in [0.3, 0.4) is 0 Å². The zero-order valence-electron chi connectivity index (χ0n) is 31.9. The average molecular weight is 746 g/mol. The van der Waals surface area contributed by atoms with E-state index in [1.165, 1.54) is 92.3 Å². The number of fused-ring (bicyclic) bond motifs is 9. The molecule has 1 aliphatic rings. The van der Waals surface area contributed by atoms with Gasteiger partial charge in [0.25, 0.3) is 0 Å². The van der Waals surface area contributed by atoms with Gasteiger partial charge in [0.1, 0.15) is 0 Å². The van der Waals surface area contributed by atoms with E-state index in [4.69, 9.17) is 0 Å². The van der Waals surface area contributed by atoms with Crippen LogP contribution in [-0.2, 0) is 5.41 Å². The molecule has 2 heteroatoms. The minimum atomic E-state index is -0.310. The molecule has 0 fully saturated rings. The van der Waals surface area contributed by atoms with Gasteiger partial charge in [0.2, 0.25) is 0 Å². The van der Waals surface area contributed by atoms with Gasteiger partial charge in [-0.05, 0) is 96.0 Å². The summed E-state index contributed by atoms with van der Waals surface area (Å²) in [6, 6.07) is 73.4. The second kappa shape index (κ2) is 13.2. The maximum absolute atomic E-state index is 2.49. The highest BCUT2D eigenvalue weighted by Gasteiger charge is 2.44. The van der Waals surface area contributed by atoms with Crippen molar-refractivity contribution in [3.8, 4) is 43.1 Å². The van der Waals surface area contributed by atoms with Crippen LogP contribution < -0.4 is 4.90 Å². The lowest BCUT2D eigenvalue weighted by atomic mass is 9.78. The summed E-state index contributed by atoms with van der Waals surface area (Å²) in [6.07, 6.45) is 0. The van der Waals surface area contributed by atoms with Crippen LogP contribution in [0.2, 0.25) is 0 Å². The first kappa shape index (κ1) is 33.6. The number of anilines is 3. The van der Waals surface area contributed by atoms with Crippen LogP contribution in [0.4, 0.5) is 17.1 Å². The molecule has 0 unspecified atom stereocenters. The van der Waals surface area contributed by atoms with E-state index in [1.807, 2.05) is 11.3 Å². The third-order valence-electron chi connectivity index (χ3n) is 12.0. The minimum absolute atomic E-state index is 0.310. The van der Waals surface area contributed by atoms with Crippen molar-refractivity contribution in [2.45, 2.75) is 19.3 Å². The number of para-hydroxylation sites is 1. The molecule has 0 N–H and O–H groups in total. The van der Waals surface area contributed by atoms with E-state index in [1.54, 1.807) is 0 Å². The smallest absolute Gasteiger partial charge is 0.0509 e. The van der Waals surface area contributed by atoms with E-state index in [2.05, 4.69) is 219 Å². The second-order valence-electron chi connectivity index (χ2n) is 15.6. The zero-order chi connectivity index (χ0) is 38.1. The molecule has 270 valence electrons. The molecule has 57 heavy (non-hydrogen) atoms. The van der Waals surface area contributed by atoms with Gasteiger partial charge >= 0.3 is 0 Å². The number of hydrogen-bond acceptors (Lipinski definition) is 2. The van der Waals surface area contributed by atoms with Gasteiger partial charge < -0.3 is 4.90 Å². The van der Waals surface area contributed by atoms with Crippen molar-refractivity contribution in [2.24, 2.45) is 0 Å². The monoisotopic (exact) mass is 745 g/mol. The van der Waals surface area contributed by atoms with E-state index in [0.717, 1.165) is 11.4 Å². The first-order chi connectivity index (χ1) is 28.1. The Balaban J connectivity index is 1.16. The summed E-state index contributed by atoms with van der Waals surface area (Å²) in [5.41, 5.74) is 13.6. The third-order valence-corrected chi connectivity index (χ3v) is 13.3. The molecule has 0 radical (unpaired) electrons. The Labute approximate surface area is 337 Å². The summed E-state index contributed by atoms with van der Waals surface area (Å²) in [5, 5.41) is 7.68. The maximum Gasteiger partial charge on any atom is 0.0509 e. The Hall–Kier alpha value is -6.74. The summed E-state index contributed by atoms with van der Waals surface area (Å²) in [5.74, 6) is 0. The Kier molecular flexibility index (Phi) is 7.77. The quantitative estimate of drug-likeness (QED) is 0.153. The molecule has 0 saturated carbocycles. The highest BCUT2D eigenvalue weighted by atomic mass is 32.1. The predicted octanol–water partition coefficient (Wildman–Crippen LogP) is 16.0. The molecule has 1 nitrogen and oxygen atoms in total. The van der Waals surface area contributed by atoms with Crippen LogP contribution in [0, 0.1) is 0 Å². The van der Waals surface area contributed by atoms with Gasteiger partial charge in [0.15, 0.2) is 0 Å². The second-order valence-corrected chi connectivity index (χ2v) is 16.6. The number of benzene rings is 9. The van der Waals surface area contributed by atoms with E-state index in [9.17, 15) is 0 Å². The van der Waals surface area contributed by atoms with Crippen molar-refractivity contribution >= 4 is 60.7 Å². The molecule has 0 atom stereocenters. The Morgan fingerprint density at radius 2 is 0.877 bits per heavy atom. The topological polar surface area (TPSA) is 3.24 Å². The number of nitrogens with zero attached hydrogens (tertiary/aromatic N) is 1. The lowest BCUT2D eigenvalue weighted by Gasteiger charge is -2.33. The Morgan fingerprint density at radius 3 is 1.53 bits per heavy atom. The maximum atomic E-state index is 2.49. The molecule has 0 saturated heterocycles. The van der Waals surface area contributed by atoms with E-state index in [-0.39, 0.29) is 5.41 Å².